The Kier molecular flexibility index (Phi) is 5.28. The number of halogens is 2. The topological polar surface area (TPSA) is 55.4 Å². The molecule has 126 valence electrons. The van der Waals surface area contributed by atoms with Crippen molar-refractivity contribution in [2.75, 3.05) is 11.9 Å². The standard InChI is InChI=1S/C18H17F2NO3/c1-18(2,12-7-4-3-5-8-12)17(23)24-11-15(22)21-16-13(19)9-6-10-14(16)20/h3-10H,11H2,1-2H3,(H,21,22). The number of benzene rings is 2. The molecule has 0 fully saturated rings. The fourth-order valence-corrected chi connectivity index (χ4v) is 2.08. The fourth-order valence-electron chi connectivity index (χ4n) is 2.08. The van der Waals surface area contributed by atoms with Gasteiger partial charge in [-0.05, 0) is 31.5 Å². The quantitative estimate of drug-likeness (QED) is 0.853. The highest BCUT2D eigenvalue weighted by Crippen LogP contribution is 2.24. The van der Waals surface area contributed by atoms with Crippen molar-refractivity contribution in [3.63, 3.8) is 0 Å². The summed E-state index contributed by atoms with van der Waals surface area (Å²) < 4.78 is 31.9. The van der Waals surface area contributed by atoms with E-state index in [0.29, 0.717) is 0 Å². The van der Waals surface area contributed by atoms with Gasteiger partial charge in [0.2, 0.25) is 0 Å². The molecule has 0 unspecified atom stereocenters. The summed E-state index contributed by atoms with van der Waals surface area (Å²) in [6.45, 7) is 2.70. The van der Waals surface area contributed by atoms with Gasteiger partial charge in [-0.25, -0.2) is 8.78 Å². The fraction of sp³-hybridized carbons (Fsp3) is 0.222. The summed E-state index contributed by atoms with van der Waals surface area (Å²) in [5.74, 6) is -3.24. The normalized spacial score (nSPS) is 11.0. The predicted molar refractivity (Wildman–Crippen MR) is 85.4 cm³/mol. The van der Waals surface area contributed by atoms with Crippen molar-refractivity contribution in [3.05, 3.63) is 65.7 Å². The van der Waals surface area contributed by atoms with Gasteiger partial charge < -0.3 is 10.1 Å². The number of carbonyl (C=O) groups is 2. The van der Waals surface area contributed by atoms with E-state index in [2.05, 4.69) is 5.32 Å². The van der Waals surface area contributed by atoms with Crippen molar-refractivity contribution < 1.29 is 23.1 Å². The molecule has 1 amide bonds. The maximum atomic E-state index is 13.5. The van der Waals surface area contributed by atoms with Crippen molar-refractivity contribution >= 4 is 17.6 Å². The van der Waals surface area contributed by atoms with E-state index in [0.717, 1.165) is 17.7 Å². The number of hydrogen-bond acceptors (Lipinski definition) is 3. The lowest BCUT2D eigenvalue weighted by atomic mass is 9.85. The SMILES string of the molecule is CC(C)(C(=O)OCC(=O)Nc1c(F)cccc1F)c1ccccc1. The minimum atomic E-state index is -0.954. The number of ether oxygens (including phenoxy) is 1. The van der Waals surface area contributed by atoms with Crippen LogP contribution in [0.3, 0.4) is 0 Å². The largest absolute Gasteiger partial charge is 0.455 e. The molecular formula is C18H17F2NO3. The summed E-state index contributed by atoms with van der Waals surface area (Å²) in [5.41, 5.74) is -0.790. The highest BCUT2D eigenvalue weighted by Gasteiger charge is 2.31. The second-order valence-corrected chi connectivity index (χ2v) is 5.71. The molecule has 0 atom stereocenters. The molecule has 0 spiro atoms. The van der Waals surface area contributed by atoms with Crippen LogP contribution in [0.5, 0.6) is 0 Å². The van der Waals surface area contributed by atoms with Crippen molar-refractivity contribution in [3.8, 4) is 0 Å². The van der Waals surface area contributed by atoms with Gasteiger partial charge in [-0.15, -0.1) is 0 Å². The van der Waals surface area contributed by atoms with E-state index in [1.54, 1.807) is 38.1 Å². The van der Waals surface area contributed by atoms with Crippen LogP contribution in [0.2, 0.25) is 0 Å². The molecule has 2 aromatic rings. The zero-order chi connectivity index (χ0) is 17.7. The summed E-state index contributed by atoms with van der Waals surface area (Å²) in [5, 5.41) is 2.06. The molecule has 0 aliphatic rings. The first-order valence-electron chi connectivity index (χ1n) is 7.29. The minimum absolute atomic E-state index is 0.569. The van der Waals surface area contributed by atoms with Gasteiger partial charge in [0.1, 0.15) is 17.3 Å². The molecule has 0 saturated carbocycles. The van der Waals surface area contributed by atoms with Crippen LogP contribution in [0.4, 0.5) is 14.5 Å². The molecule has 0 radical (unpaired) electrons. The number of carbonyl (C=O) groups excluding carboxylic acids is 2. The van der Waals surface area contributed by atoms with Gasteiger partial charge in [0.25, 0.3) is 5.91 Å². The Balaban J connectivity index is 1.98. The van der Waals surface area contributed by atoms with E-state index < -0.39 is 41.2 Å². The molecule has 0 bridgehead atoms. The second kappa shape index (κ2) is 7.21. The molecule has 0 heterocycles. The molecular weight excluding hydrogens is 316 g/mol. The van der Waals surface area contributed by atoms with Crippen molar-refractivity contribution in [2.45, 2.75) is 19.3 Å². The number of amides is 1. The molecule has 1 N–H and O–H groups in total. The van der Waals surface area contributed by atoms with Gasteiger partial charge in [-0.2, -0.15) is 0 Å². The van der Waals surface area contributed by atoms with E-state index in [9.17, 15) is 18.4 Å². The van der Waals surface area contributed by atoms with Gasteiger partial charge >= 0.3 is 5.97 Å². The predicted octanol–water partition coefficient (Wildman–Crippen LogP) is 3.42. The first kappa shape index (κ1) is 17.6. The molecule has 24 heavy (non-hydrogen) atoms. The maximum absolute atomic E-state index is 13.5. The summed E-state index contributed by atoms with van der Waals surface area (Å²) in [6, 6.07) is 12.2. The molecule has 2 rings (SSSR count). The van der Waals surface area contributed by atoms with Crippen LogP contribution in [-0.2, 0) is 19.7 Å². The number of esters is 1. The minimum Gasteiger partial charge on any atom is -0.455 e. The molecule has 0 aliphatic carbocycles. The van der Waals surface area contributed by atoms with Crippen molar-refractivity contribution in [1.29, 1.82) is 0 Å². The lowest BCUT2D eigenvalue weighted by molar-refractivity contribution is -0.152. The third-order valence-electron chi connectivity index (χ3n) is 3.57. The van der Waals surface area contributed by atoms with Crippen molar-refractivity contribution in [1.82, 2.24) is 0 Å². The Hall–Kier alpha value is -2.76. The molecule has 4 nitrogen and oxygen atoms in total. The smallest absolute Gasteiger partial charge is 0.316 e. The van der Waals surface area contributed by atoms with Crippen LogP contribution in [0, 0.1) is 11.6 Å². The number of para-hydroxylation sites is 1. The number of nitrogens with one attached hydrogen (secondary N) is 1. The zero-order valence-electron chi connectivity index (χ0n) is 13.3. The van der Waals surface area contributed by atoms with Crippen LogP contribution in [-0.4, -0.2) is 18.5 Å². The van der Waals surface area contributed by atoms with Crippen LogP contribution < -0.4 is 5.32 Å². The van der Waals surface area contributed by atoms with Crippen LogP contribution >= 0.6 is 0 Å². The summed E-state index contributed by atoms with van der Waals surface area (Å²) in [4.78, 5) is 24.0. The molecule has 6 heteroatoms. The van der Waals surface area contributed by atoms with E-state index in [4.69, 9.17) is 4.74 Å². The van der Waals surface area contributed by atoms with Crippen LogP contribution in [0.25, 0.3) is 0 Å². The summed E-state index contributed by atoms with van der Waals surface area (Å²) in [6.07, 6.45) is 0. The summed E-state index contributed by atoms with van der Waals surface area (Å²) >= 11 is 0. The Morgan fingerprint density at radius 1 is 1.00 bits per heavy atom. The molecule has 2 aromatic carbocycles. The van der Waals surface area contributed by atoms with E-state index in [1.807, 2.05) is 6.07 Å². The highest BCUT2D eigenvalue weighted by atomic mass is 19.1. The van der Waals surface area contributed by atoms with Gasteiger partial charge in [0.15, 0.2) is 6.61 Å². The third-order valence-corrected chi connectivity index (χ3v) is 3.57. The Labute approximate surface area is 138 Å². The van der Waals surface area contributed by atoms with E-state index >= 15 is 0 Å². The molecule has 0 aliphatic heterocycles. The Bertz CT molecular complexity index is 725. The number of rotatable bonds is 5. The van der Waals surface area contributed by atoms with E-state index in [-0.39, 0.29) is 0 Å². The first-order valence-corrected chi connectivity index (χ1v) is 7.29. The van der Waals surface area contributed by atoms with Crippen LogP contribution in [0.1, 0.15) is 19.4 Å². The number of anilines is 1. The summed E-state index contributed by atoms with van der Waals surface area (Å²) in [7, 11) is 0. The zero-order valence-corrected chi connectivity index (χ0v) is 13.3. The van der Waals surface area contributed by atoms with Crippen molar-refractivity contribution in [2.24, 2.45) is 0 Å². The molecule has 0 saturated heterocycles. The first-order chi connectivity index (χ1) is 11.3. The maximum Gasteiger partial charge on any atom is 0.316 e. The Morgan fingerprint density at radius 3 is 2.17 bits per heavy atom. The lowest BCUT2D eigenvalue weighted by Gasteiger charge is -2.22. The van der Waals surface area contributed by atoms with E-state index in [1.165, 1.54) is 6.07 Å². The van der Waals surface area contributed by atoms with Gasteiger partial charge in [0, 0.05) is 0 Å². The van der Waals surface area contributed by atoms with Gasteiger partial charge in [0.05, 0.1) is 5.41 Å². The molecule has 0 aromatic heterocycles. The lowest BCUT2D eigenvalue weighted by Crippen LogP contribution is -2.33. The van der Waals surface area contributed by atoms with Gasteiger partial charge in [-0.1, -0.05) is 36.4 Å². The van der Waals surface area contributed by atoms with Gasteiger partial charge in [-0.3, -0.25) is 9.59 Å². The average Bonchev–Trinajstić information content (AvgIpc) is 2.57. The monoisotopic (exact) mass is 333 g/mol. The average molecular weight is 333 g/mol. The second-order valence-electron chi connectivity index (χ2n) is 5.71. The van der Waals surface area contributed by atoms with Crippen LogP contribution in [0.15, 0.2) is 48.5 Å². The third kappa shape index (κ3) is 3.95. The highest BCUT2D eigenvalue weighted by molar-refractivity contribution is 5.93. The number of hydrogen-bond donors (Lipinski definition) is 1. The Morgan fingerprint density at radius 2 is 1.58 bits per heavy atom.